The first-order valence-corrected chi connectivity index (χ1v) is 6.42. The minimum atomic E-state index is -0.495. The Hall–Kier alpha value is -1.81. The molecule has 0 fully saturated rings. The van der Waals surface area contributed by atoms with Gasteiger partial charge in [-0.05, 0) is 26.8 Å². The third-order valence-corrected chi connectivity index (χ3v) is 3.18. The molecule has 0 spiro atoms. The zero-order valence-corrected chi connectivity index (χ0v) is 11.9. The van der Waals surface area contributed by atoms with Crippen LogP contribution in [0.2, 0.25) is 0 Å². The average molecular weight is 259 g/mol. The van der Waals surface area contributed by atoms with Gasteiger partial charge in [0, 0.05) is 35.6 Å². The molecule has 0 saturated carbocycles. The van der Waals surface area contributed by atoms with Crippen LogP contribution in [0.3, 0.4) is 0 Å². The molecule has 0 atom stereocenters. The van der Waals surface area contributed by atoms with Crippen molar-refractivity contribution in [3.63, 3.8) is 0 Å². The number of nitrogens with two attached hydrogens (primary N) is 1. The normalized spacial score (nSPS) is 11.8. The van der Waals surface area contributed by atoms with Crippen LogP contribution in [-0.4, -0.2) is 23.5 Å². The zero-order chi connectivity index (χ0) is 14.2. The molecule has 0 aliphatic heterocycles. The number of hydrogen-bond acceptors (Lipinski definition) is 2. The number of aryl methyl sites for hydroxylation is 1. The van der Waals surface area contributed by atoms with Gasteiger partial charge in [-0.25, -0.2) is 0 Å². The molecule has 4 heteroatoms. The number of aromatic amines is 1. The van der Waals surface area contributed by atoms with E-state index in [0.29, 0.717) is 6.42 Å². The Kier molecular flexibility index (Phi) is 3.37. The number of rotatable bonds is 3. The standard InChI is InChI=1S/C15H21N3O/c1-10-14(11-7-5-6-8-12(11)17-10)18(4)13(19)9-15(2,3)16/h5-8,17H,9,16H2,1-4H3. The van der Waals surface area contributed by atoms with E-state index in [1.807, 2.05) is 45.0 Å². The van der Waals surface area contributed by atoms with Crippen molar-refractivity contribution >= 4 is 22.5 Å². The van der Waals surface area contributed by atoms with Crippen LogP contribution < -0.4 is 10.6 Å². The lowest BCUT2D eigenvalue weighted by atomic mass is 10.0. The van der Waals surface area contributed by atoms with Crippen LogP contribution in [-0.2, 0) is 4.79 Å². The van der Waals surface area contributed by atoms with Crippen LogP contribution in [0.15, 0.2) is 24.3 Å². The van der Waals surface area contributed by atoms with Crippen molar-refractivity contribution in [2.24, 2.45) is 5.73 Å². The fourth-order valence-electron chi connectivity index (χ4n) is 2.33. The summed E-state index contributed by atoms with van der Waals surface area (Å²) in [5.41, 5.74) is 8.40. The van der Waals surface area contributed by atoms with Crippen molar-refractivity contribution in [1.29, 1.82) is 0 Å². The first-order chi connectivity index (χ1) is 8.79. The first-order valence-electron chi connectivity index (χ1n) is 6.42. The number of H-pyrrole nitrogens is 1. The fraction of sp³-hybridized carbons (Fsp3) is 0.400. The second-order valence-corrected chi connectivity index (χ2v) is 5.76. The van der Waals surface area contributed by atoms with Gasteiger partial charge in [0.15, 0.2) is 0 Å². The monoisotopic (exact) mass is 259 g/mol. The van der Waals surface area contributed by atoms with Crippen molar-refractivity contribution in [2.45, 2.75) is 32.7 Å². The summed E-state index contributed by atoms with van der Waals surface area (Å²) in [5, 5.41) is 1.06. The number of carbonyl (C=O) groups is 1. The van der Waals surface area contributed by atoms with Gasteiger partial charge in [0.25, 0.3) is 0 Å². The third kappa shape index (κ3) is 2.79. The Morgan fingerprint density at radius 3 is 2.63 bits per heavy atom. The lowest BCUT2D eigenvalue weighted by molar-refractivity contribution is -0.119. The van der Waals surface area contributed by atoms with Gasteiger partial charge in [0.05, 0.1) is 5.69 Å². The van der Waals surface area contributed by atoms with Gasteiger partial charge in [-0.1, -0.05) is 18.2 Å². The highest BCUT2D eigenvalue weighted by Crippen LogP contribution is 2.30. The van der Waals surface area contributed by atoms with E-state index >= 15 is 0 Å². The predicted molar refractivity (Wildman–Crippen MR) is 79.3 cm³/mol. The van der Waals surface area contributed by atoms with Gasteiger partial charge < -0.3 is 15.6 Å². The van der Waals surface area contributed by atoms with Crippen LogP contribution in [0.4, 0.5) is 5.69 Å². The molecule has 0 bridgehead atoms. The van der Waals surface area contributed by atoms with Crippen LogP contribution in [0.5, 0.6) is 0 Å². The Bertz CT molecular complexity index is 607. The predicted octanol–water partition coefficient (Wildman–Crippen LogP) is 2.57. The summed E-state index contributed by atoms with van der Waals surface area (Å²) < 4.78 is 0. The largest absolute Gasteiger partial charge is 0.357 e. The van der Waals surface area contributed by atoms with Crippen LogP contribution in [0.1, 0.15) is 26.0 Å². The number of anilines is 1. The Balaban J connectivity index is 2.39. The summed E-state index contributed by atoms with van der Waals surface area (Å²) in [6, 6.07) is 7.99. The smallest absolute Gasteiger partial charge is 0.228 e. The highest BCUT2D eigenvalue weighted by Gasteiger charge is 2.23. The van der Waals surface area contributed by atoms with E-state index in [1.54, 1.807) is 11.9 Å². The molecule has 1 aromatic carbocycles. The average Bonchev–Trinajstić information content (AvgIpc) is 2.61. The van der Waals surface area contributed by atoms with E-state index in [-0.39, 0.29) is 5.91 Å². The molecule has 102 valence electrons. The first kappa shape index (κ1) is 13.6. The number of carbonyl (C=O) groups excluding carboxylic acids is 1. The molecule has 1 amide bonds. The molecule has 2 rings (SSSR count). The van der Waals surface area contributed by atoms with E-state index in [4.69, 9.17) is 5.73 Å². The maximum absolute atomic E-state index is 12.3. The molecule has 3 N–H and O–H groups in total. The molecular weight excluding hydrogens is 238 g/mol. The minimum absolute atomic E-state index is 0.0281. The zero-order valence-electron chi connectivity index (χ0n) is 11.9. The summed E-state index contributed by atoms with van der Waals surface area (Å²) in [6.45, 7) is 5.70. The SMILES string of the molecule is Cc1[nH]c2ccccc2c1N(C)C(=O)CC(C)(C)N. The maximum atomic E-state index is 12.3. The van der Waals surface area contributed by atoms with Gasteiger partial charge in [0.1, 0.15) is 0 Å². The number of benzene rings is 1. The number of amides is 1. The second-order valence-electron chi connectivity index (χ2n) is 5.76. The van der Waals surface area contributed by atoms with Crippen molar-refractivity contribution in [1.82, 2.24) is 4.98 Å². The number of para-hydroxylation sites is 1. The molecule has 0 radical (unpaired) electrons. The summed E-state index contributed by atoms with van der Waals surface area (Å²) in [5.74, 6) is 0.0281. The molecule has 0 unspecified atom stereocenters. The third-order valence-electron chi connectivity index (χ3n) is 3.18. The quantitative estimate of drug-likeness (QED) is 0.890. The molecule has 2 aromatic rings. The van der Waals surface area contributed by atoms with Crippen molar-refractivity contribution in [3.05, 3.63) is 30.0 Å². The lowest BCUT2D eigenvalue weighted by Crippen LogP contribution is -2.40. The van der Waals surface area contributed by atoms with Gasteiger partial charge in [0.2, 0.25) is 5.91 Å². The molecule has 0 aliphatic rings. The summed E-state index contributed by atoms with van der Waals surface area (Å²) >= 11 is 0. The number of nitrogens with one attached hydrogen (secondary N) is 1. The van der Waals surface area contributed by atoms with Gasteiger partial charge in [-0.2, -0.15) is 0 Å². The second kappa shape index (κ2) is 4.70. The number of aromatic nitrogens is 1. The van der Waals surface area contributed by atoms with Crippen molar-refractivity contribution in [2.75, 3.05) is 11.9 Å². The molecule has 1 heterocycles. The summed E-state index contributed by atoms with van der Waals surface area (Å²) in [4.78, 5) is 17.3. The van der Waals surface area contributed by atoms with E-state index < -0.39 is 5.54 Å². The number of fused-ring (bicyclic) bond motifs is 1. The van der Waals surface area contributed by atoms with Gasteiger partial charge >= 0.3 is 0 Å². The molecule has 4 nitrogen and oxygen atoms in total. The van der Waals surface area contributed by atoms with Gasteiger partial charge in [-0.3, -0.25) is 4.79 Å². The van der Waals surface area contributed by atoms with E-state index in [2.05, 4.69) is 4.98 Å². The highest BCUT2D eigenvalue weighted by atomic mass is 16.2. The minimum Gasteiger partial charge on any atom is -0.357 e. The Morgan fingerprint density at radius 1 is 1.37 bits per heavy atom. The van der Waals surface area contributed by atoms with E-state index in [9.17, 15) is 4.79 Å². The number of nitrogens with zero attached hydrogens (tertiary/aromatic N) is 1. The lowest BCUT2D eigenvalue weighted by Gasteiger charge is -2.23. The van der Waals surface area contributed by atoms with Crippen LogP contribution >= 0.6 is 0 Å². The highest BCUT2D eigenvalue weighted by molar-refractivity contribution is 6.04. The fourth-order valence-corrected chi connectivity index (χ4v) is 2.33. The van der Waals surface area contributed by atoms with Crippen molar-refractivity contribution in [3.8, 4) is 0 Å². The maximum Gasteiger partial charge on any atom is 0.228 e. The van der Waals surface area contributed by atoms with Crippen LogP contribution in [0.25, 0.3) is 10.9 Å². The van der Waals surface area contributed by atoms with Crippen LogP contribution in [0, 0.1) is 6.92 Å². The summed E-state index contributed by atoms with van der Waals surface area (Å²) in [7, 11) is 1.80. The Morgan fingerprint density at radius 2 is 2.00 bits per heavy atom. The van der Waals surface area contributed by atoms with Crippen molar-refractivity contribution < 1.29 is 4.79 Å². The topological polar surface area (TPSA) is 62.1 Å². The Labute approximate surface area is 113 Å². The van der Waals surface area contributed by atoms with E-state index in [0.717, 1.165) is 22.3 Å². The molecule has 19 heavy (non-hydrogen) atoms. The van der Waals surface area contributed by atoms with Gasteiger partial charge in [-0.15, -0.1) is 0 Å². The number of hydrogen-bond donors (Lipinski definition) is 2. The molecular formula is C15H21N3O. The summed E-state index contributed by atoms with van der Waals surface area (Å²) in [6.07, 6.45) is 0.322. The molecule has 1 aromatic heterocycles. The molecule has 0 saturated heterocycles. The molecule has 0 aliphatic carbocycles. The van der Waals surface area contributed by atoms with E-state index in [1.165, 1.54) is 0 Å².